The molecule has 1 N–H and O–H groups in total. The quantitative estimate of drug-likeness (QED) is 0.896. The number of hydrogen-bond acceptors (Lipinski definition) is 5. The van der Waals surface area contributed by atoms with Crippen molar-refractivity contribution in [2.45, 2.75) is 18.6 Å². The Morgan fingerprint density at radius 1 is 1.20 bits per heavy atom. The summed E-state index contributed by atoms with van der Waals surface area (Å²) < 4.78 is 10.8. The Bertz CT molecular complexity index is 748. The number of likely N-dealkylation sites (tertiary alicyclic amines) is 1. The molecule has 1 aromatic carbocycles. The van der Waals surface area contributed by atoms with Crippen LogP contribution in [0.3, 0.4) is 0 Å². The lowest BCUT2D eigenvalue weighted by molar-refractivity contribution is -0.141. The van der Waals surface area contributed by atoms with Gasteiger partial charge in [0.05, 0.1) is 11.7 Å². The lowest BCUT2D eigenvalue weighted by Crippen LogP contribution is -2.40. The molecule has 2 heterocycles. The maximum atomic E-state index is 12.6. The van der Waals surface area contributed by atoms with Crippen molar-refractivity contribution in [3.05, 3.63) is 54.2 Å². The van der Waals surface area contributed by atoms with Crippen LogP contribution in [-0.4, -0.2) is 52.7 Å². The zero-order valence-electron chi connectivity index (χ0n) is 13.7. The lowest BCUT2D eigenvalue weighted by Gasteiger charge is -2.21. The van der Waals surface area contributed by atoms with Crippen molar-refractivity contribution >= 4 is 11.9 Å². The Labute approximate surface area is 144 Å². The molecular formula is C18H18N2O5. The van der Waals surface area contributed by atoms with Crippen molar-refractivity contribution in [2.75, 3.05) is 13.7 Å². The van der Waals surface area contributed by atoms with Crippen LogP contribution in [0.1, 0.15) is 16.8 Å². The number of methoxy groups -OCH3 is 1. The van der Waals surface area contributed by atoms with Crippen molar-refractivity contribution in [2.24, 2.45) is 0 Å². The number of carboxylic acids is 1. The molecule has 3 rings (SSSR count). The maximum absolute atomic E-state index is 12.6. The van der Waals surface area contributed by atoms with Crippen LogP contribution in [0.4, 0.5) is 0 Å². The number of hydrogen-bond donors (Lipinski definition) is 1. The van der Waals surface area contributed by atoms with Gasteiger partial charge in [0.25, 0.3) is 5.91 Å². The average molecular weight is 342 g/mol. The maximum Gasteiger partial charge on any atom is 0.326 e. The van der Waals surface area contributed by atoms with Crippen molar-refractivity contribution in [3.63, 3.8) is 0 Å². The zero-order valence-corrected chi connectivity index (χ0v) is 13.7. The summed E-state index contributed by atoms with van der Waals surface area (Å²) in [6.07, 6.45) is 1.39. The van der Waals surface area contributed by atoms with Gasteiger partial charge in [0, 0.05) is 32.3 Å². The molecule has 2 aromatic rings. The summed E-state index contributed by atoms with van der Waals surface area (Å²) in [7, 11) is 1.51. The third-order valence-corrected chi connectivity index (χ3v) is 4.09. The van der Waals surface area contributed by atoms with E-state index in [0.29, 0.717) is 17.2 Å². The minimum absolute atomic E-state index is 0.245. The number of carbonyl (C=O) groups excluding carboxylic acids is 1. The minimum atomic E-state index is -1.04. The molecule has 7 heteroatoms. The van der Waals surface area contributed by atoms with Crippen molar-refractivity contribution in [1.29, 1.82) is 0 Å². The van der Waals surface area contributed by atoms with Gasteiger partial charge in [-0.25, -0.2) is 9.78 Å². The highest BCUT2D eigenvalue weighted by Gasteiger charge is 2.40. The molecule has 2 atom stereocenters. The number of rotatable bonds is 5. The largest absolute Gasteiger partial charge is 0.480 e. The standard InChI is InChI=1S/C18H18N2O5/c1-24-14-9-15(18(22)23)20(11-14)17(21)12-7-8-16(19-10-12)25-13-5-3-2-4-6-13/h2-8,10,14-15H,9,11H2,1H3,(H,22,23). The predicted molar refractivity (Wildman–Crippen MR) is 88.6 cm³/mol. The fraction of sp³-hybridized carbons (Fsp3) is 0.278. The van der Waals surface area contributed by atoms with Crippen LogP contribution in [0.15, 0.2) is 48.7 Å². The Balaban J connectivity index is 1.73. The molecule has 0 saturated carbocycles. The molecule has 0 aliphatic carbocycles. The minimum Gasteiger partial charge on any atom is -0.480 e. The second kappa shape index (κ2) is 7.31. The van der Waals surface area contributed by atoms with Crippen LogP contribution in [0, 0.1) is 0 Å². The first kappa shape index (κ1) is 16.9. The van der Waals surface area contributed by atoms with Crippen LogP contribution in [-0.2, 0) is 9.53 Å². The van der Waals surface area contributed by atoms with Crippen LogP contribution >= 0.6 is 0 Å². The molecule has 1 fully saturated rings. The van der Waals surface area contributed by atoms with Crippen molar-refractivity contribution < 1.29 is 24.2 Å². The van der Waals surface area contributed by atoms with Gasteiger partial charge in [-0.2, -0.15) is 0 Å². The molecule has 1 aliphatic heterocycles. The number of amides is 1. The molecule has 1 aliphatic rings. The molecule has 1 amide bonds. The monoisotopic (exact) mass is 342 g/mol. The van der Waals surface area contributed by atoms with Crippen LogP contribution in [0.25, 0.3) is 0 Å². The van der Waals surface area contributed by atoms with Crippen LogP contribution in [0.2, 0.25) is 0 Å². The third kappa shape index (κ3) is 3.77. The van der Waals surface area contributed by atoms with Gasteiger partial charge < -0.3 is 19.5 Å². The number of carbonyl (C=O) groups is 2. The first-order valence-corrected chi connectivity index (χ1v) is 7.84. The molecule has 1 saturated heterocycles. The van der Waals surface area contributed by atoms with E-state index in [2.05, 4.69) is 4.98 Å². The van der Waals surface area contributed by atoms with E-state index in [0.717, 1.165) is 0 Å². The number of aromatic nitrogens is 1. The fourth-order valence-corrected chi connectivity index (χ4v) is 2.77. The van der Waals surface area contributed by atoms with E-state index in [1.807, 2.05) is 18.2 Å². The molecule has 0 spiro atoms. The van der Waals surface area contributed by atoms with Gasteiger partial charge in [-0.05, 0) is 18.2 Å². The predicted octanol–water partition coefficient (Wildman–Crippen LogP) is 2.19. The first-order valence-electron chi connectivity index (χ1n) is 7.84. The highest BCUT2D eigenvalue weighted by atomic mass is 16.5. The average Bonchev–Trinajstić information content (AvgIpc) is 3.07. The SMILES string of the molecule is COC1CC(C(=O)O)N(C(=O)c2ccc(Oc3ccccc3)nc2)C1. The topological polar surface area (TPSA) is 89.0 Å². The Morgan fingerprint density at radius 3 is 2.56 bits per heavy atom. The van der Waals surface area contributed by atoms with Gasteiger partial charge in [-0.1, -0.05) is 18.2 Å². The number of benzene rings is 1. The summed E-state index contributed by atoms with van der Waals surface area (Å²) in [4.78, 5) is 29.4. The van der Waals surface area contributed by atoms with E-state index in [1.54, 1.807) is 24.3 Å². The summed E-state index contributed by atoms with van der Waals surface area (Å²) in [6.45, 7) is 0.245. The van der Waals surface area contributed by atoms with Crippen molar-refractivity contribution in [3.8, 4) is 11.6 Å². The molecule has 25 heavy (non-hydrogen) atoms. The van der Waals surface area contributed by atoms with Gasteiger partial charge in [0.1, 0.15) is 11.8 Å². The number of ether oxygens (including phenoxy) is 2. The first-order chi connectivity index (χ1) is 12.1. The number of nitrogens with zero attached hydrogens (tertiary/aromatic N) is 2. The van der Waals surface area contributed by atoms with Gasteiger partial charge in [-0.3, -0.25) is 4.79 Å². The highest BCUT2D eigenvalue weighted by Crippen LogP contribution is 2.24. The van der Waals surface area contributed by atoms with Gasteiger partial charge >= 0.3 is 5.97 Å². The van der Waals surface area contributed by atoms with E-state index in [-0.39, 0.29) is 25.0 Å². The lowest BCUT2D eigenvalue weighted by atomic mass is 10.2. The molecule has 7 nitrogen and oxygen atoms in total. The molecule has 130 valence electrons. The van der Waals surface area contributed by atoms with E-state index in [9.17, 15) is 14.7 Å². The summed E-state index contributed by atoms with van der Waals surface area (Å²) in [6, 6.07) is 11.4. The Morgan fingerprint density at radius 2 is 1.96 bits per heavy atom. The zero-order chi connectivity index (χ0) is 17.8. The van der Waals surface area contributed by atoms with E-state index < -0.39 is 12.0 Å². The second-order valence-electron chi connectivity index (χ2n) is 5.71. The Hall–Kier alpha value is -2.93. The molecule has 2 unspecified atom stereocenters. The third-order valence-electron chi connectivity index (χ3n) is 4.09. The summed E-state index contributed by atoms with van der Waals surface area (Å²) in [5.41, 5.74) is 0.309. The van der Waals surface area contributed by atoms with Crippen LogP contribution < -0.4 is 4.74 Å². The summed E-state index contributed by atoms with van der Waals surface area (Å²) in [5, 5.41) is 9.32. The fourth-order valence-electron chi connectivity index (χ4n) is 2.77. The van der Waals surface area contributed by atoms with Crippen molar-refractivity contribution in [1.82, 2.24) is 9.88 Å². The normalized spacial score (nSPS) is 19.6. The van der Waals surface area contributed by atoms with E-state index in [1.165, 1.54) is 18.2 Å². The number of pyridine rings is 1. The summed E-state index contributed by atoms with van der Waals surface area (Å²) >= 11 is 0. The summed E-state index contributed by atoms with van der Waals surface area (Å²) in [5.74, 6) is -0.424. The molecule has 1 aromatic heterocycles. The van der Waals surface area contributed by atoms with Crippen LogP contribution in [0.5, 0.6) is 11.6 Å². The number of para-hydroxylation sites is 1. The smallest absolute Gasteiger partial charge is 0.326 e. The second-order valence-corrected chi connectivity index (χ2v) is 5.71. The van der Waals surface area contributed by atoms with E-state index >= 15 is 0 Å². The van der Waals surface area contributed by atoms with E-state index in [4.69, 9.17) is 9.47 Å². The van der Waals surface area contributed by atoms with Gasteiger partial charge in [0.15, 0.2) is 0 Å². The molecular weight excluding hydrogens is 324 g/mol. The Kier molecular flexibility index (Phi) is 4.95. The number of aliphatic carboxylic acids is 1. The van der Waals surface area contributed by atoms with Gasteiger partial charge in [-0.15, -0.1) is 0 Å². The van der Waals surface area contributed by atoms with Gasteiger partial charge in [0.2, 0.25) is 5.88 Å². The number of carboxylic acid groups (broad SMARTS) is 1. The molecule has 0 radical (unpaired) electrons. The highest BCUT2D eigenvalue weighted by molar-refractivity contribution is 5.96. The molecule has 0 bridgehead atoms.